The van der Waals surface area contributed by atoms with Gasteiger partial charge >= 0.3 is 0 Å². The molecule has 1 heterocycles. The Morgan fingerprint density at radius 1 is 1.24 bits per heavy atom. The molecular formula is C12H13Cl2N3. The van der Waals surface area contributed by atoms with Crippen LogP contribution < -0.4 is 5.32 Å². The van der Waals surface area contributed by atoms with E-state index in [0.29, 0.717) is 16.6 Å². The summed E-state index contributed by atoms with van der Waals surface area (Å²) in [6.07, 6.45) is 1.83. The summed E-state index contributed by atoms with van der Waals surface area (Å²) < 4.78 is 0. The number of aromatic nitrogens is 2. The summed E-state index contributed by atoms with van der Waals surface area (Å²) in [4.78, 5) is 0. The molecule has 0 bridgehead atoms. The molecule has 0 fully saturated rings. The van der Waals surface area contributed by atoms with Crippen LogP contribution in [0.2, 0.25) is 10.0 Å². The third-order valence-corrected chi connectivity index (χ3v) is 3.17. The first kappa shape index (κ1) is 12.4. The van der Waals surface area contributed by atoms with Crippen LogP contribution in [-0.4, -0.2) is 10.2 Å². The Morgan fingerprint density at radius 2 is 2.00 bits per heavy atom. The topological polar surface area (TPSA) is 40.7 Å². The molecule has 2 N–H and O–H groups in total. The molecule has 2 rings (SSSR count). The smallest absolute Gasteiger partial charge is 0.0535 e. The molecule has 0 radical (unpaired) electrons. The molecule has 1 aromatic carbocycles. The molecule has 0 saturated carbocycles. The highest BCUT2D eigenvalue weighted by Gasteiger charge is 2.02. The largest absolute Gasteiger partial charge is 0.308 e. The van der Waals surface area contributed by atoms with E-state index in [1.54, 1.807) is 6.07 Å². The number of nitrogens with one attached hydrogen (secondary N) is 2. The van der Waals surface area contributed by atoms with Gasteiger partial charge in [-0.2, -0.15) is 5.10 Å². The van der Waals surface area contributed by atoms with Crippen LogP contribution >= 0.6 is 23.2 Å². The lowest BCUT2D eigenvalue weighted by Crippen LogP contribution is -2.13. The minimum absolute atomic E-state index is 0.657. The highest BCUT2D eigenvalue weighted by atomic mass is 35.5. The van der Waals surface area contributed by atoms with Crippen molar-refractivity contribution in [3.05, 3.63) is 51.3 Å². The van der Waals surface area contributed by atoms with Gasteiger partial charge in [-0.25, -0.2) is 0 Å². The van der Waals surface area contributed by atoms with Crippen molar-refractivity contribution in [3.63, 3.8) is 0 Å². The van der Waals surface area contributed by atoms with E-state index in [4.69, 9.17) is 23.2 Å². The zero-order valence-electron chi connectivity index (χ0n) is 9.43. The number of aryl methyl sites for hydroxylation is 1. The lowest BCUT2D eigenvalue weighted by molar-refractivity contribution is 0.691. The monoisotopic (exact) mass is 269 g/mol. The maximum Gasteiger partial charge on any atom is 0.0535 e. The van der Waals surface area contributed by atoms with Crippen LogP contribution in [0.15, 0.2) is 24.4 Å². The predicted molar refractivity (Wildman–Crippen MR) is 70.3 cm³/mol. The first-order valence-electron chi connectivity index (χ1n) is 5.30. The second-order valence-corrected chi connectivity index (χ2v) is 4.70. The normalized spacial score (nSPS) is 10.8. The van der Waals surface area contributed by atoms with Crippen molar-refractivity contribution < 1.29 is 0 Å². The maximum atomic E-state index is 6.08. The average molecular weight is 270 g/mol. The minimum atomic E-state index is 0.657. The number of H-pyrrole nitrogens is 1. The summed E-state index contributed by atoms with van der Waals surface area (Å²) in [6, 6.07) is 5.52. The number of halogens is 2. The van der Waals surface area contributed by atoms with E-state index in [1.165, 1.54) is 0 Å². The number of hydrogen-bond acceptors (Lipinski definition) is 2. The number of aromatic amines is 1. The first-order chi connectivity index (χ1) is 8.16. The Balaban J connectivity index is 1.92. The Labute approximate surface area is 110 Å². The second kappa shape index (κ2) is 5.54. The number of benzene rings is 1. The summed E-state index contributed by atoms with van der Waals surface area (Å²) >= 11 is 11.9. The molecule has 2 aromatic rings. The van der Waals surface area contributed by atoms with Crippen molar-refractivity contribution in [1.82, 2.24) is 15.5 Å². The molecule has 5 heteroatoms. The highest BCUT2D eigenvalue weighted by molar-refractivity contribution is 6.35. The molecule has 1 aromatic heterocycles. The molecule has 0 aliphatic heterocycles. The number of hydrogen-bond donors (Lipinski definition) is 2. The fourth-order valence-electron chi connectivity index (χ4n) is 1.55. The zero-order valence-corrected chi connectivity index (χ0v) is 10.9. The van der Waals surface area contributed by atoms with Crippen molar-refractivity contribution in [2.24, 2.45) is 0 Å². The van der Waals surface area contributed by atoms with Gasteiger partial charge in [-0.3, -0.25) is 5.10 Å². The predicted octanol–water partition coefficient (Wildman–Crippen LogP) is 3.31. The van der Waals surface area contributed by atoms with E-state index in [0.717, 1.165) is 23.4 Å². The van der Waals surface area contributed by atoms with Gasteiger partial charge in [0.05, 0.1) is 6.20 Å². The van der Waals surface area contributed by atoms with Crippen LogP contribution in [-0.2, 0) is 13.1 Å². The van der Waals surface area contributed by atoms with E-state index in [9.17, 15) is 0 Å². The number of nitrogens with zero attached hydrogens (tertiary/aromatic N) is 1. The van der Waals surface area contributed by atoms with Gasteiger partial charge in [0.25, 0.3) is 0 Å². The van der Waals surface area contributed by atoms with Gasteiger partial charge in [-0.1, -0.05) is 29.3 Å². The second-order valence-electron chi connectivity index (χ2n) is 3.86. The SMILES string of the molecule is Cc1[nH]ncc1CNCc1ccc(Cl)cc1Cl. The molecule has 0 unspecified atom stereocenters. The molecule has 0 spiro atoms. The van der Waals surface area contributed by atoms with Crippen LogP contribution in [0.25, 0.3) is 0 Å². The number of rotatable bonds is 4. The Hall–Kier alpha value is -1.03. The zero-order chi connectivity index (χ0) is 12.3. The quantitative estimate of drug-likeness (QED) is 0.894. The summed E-state index contributed by atoms with van der Waals surface area (Å²) in [7, 11) is 0. The van der Waals surface area contributed by atoms with Gasteiger partial charge in [0.2, 0.25) is 0 Å². The Kier molecular flexibility index (Phi) is 4.05. The lowest BCUT2D eigenvalue weighted by Gasteiger charge is -2.06. The minimum Gasteiger partial charge on any atom is -0.308 e. The summed E-state index contributed by atoms with van der Waals surface area (Å²) in [6.45, 7) is 3.47. The van der Waals surface area contributed by atoms with Crippen molar-refractivity contribution in [2.75, 3.05) is 0 Å². The summed E-state index contributed by atoms with van der Waals surface area (Å²) in [5, 5.41) is 11.5. The van der Waals surface area contributed by atoms with Gasteiger partial charge in [0, 0.05) is 34.4 Å². The van der Waals surface area contributed by atoms with Crippen molar-refractivity contribution in [2.45, 2.75) is 20.0 Å². The molecule has 0 aliphatic carbocycles. The van der Waals surface area contributed by atoms with Gasteiger partial charge in [-0.05, 0) is 24.6 Å². The molecule has 0 aliphatic rings. The van der Waals surface area contributed by atoms with Gasteiger partial charge in [0.1, 0.15) is 0 Å². The van der Waals surface area contributed by atoms with E-state index in [1.807, 2.05) is 25.3 Å². The van der Waals surface area contributed by atoms with Crippen molar-refractivity contribution >= 4 is 23.2 Å². The van der Waals surface area contributed by atoms with Crippen molar-refractivity contribution in [3.8, 4) is 0 Å². The lowest BCUT2D eigenvalue weighted by atomic mass is 10.2. The average Bonchev–Trinajstić information content (AvgIpc) is 2.68. The fourth-order valence-corrected chi connectivity index (χ4v) is 2.03. The maximum absolute atomic E-state index is 6.08. The molecule has 0 atom stereocenters. The van der Waals surface area contributed by atoms with E-state index in [-0.39, 0.29) is 0 Å². The van der Waals surface area contributed by atoms with Crippen LogP contribution in [0.5, 0.6) is 0 Å². The van der Waals surface area contributed by atoms with E-state index >= 15 is 0 Å². The molecule has 3 nitrogen and oxygen atoms in total. The molecule has 90 valence electrons. The summed E-state index contributed by atoms with van der Waals surface area (Å²) in [5.41, 5.74) is 3.28. The van der Waals surface area contributed by atoms with Crippen LogP contribution in [0.4, 0.5) is 0 Å². The third-order valence-electron chi connectivity index (χ3n) is 2.58. The Morgan fingerprint density at radius 3 is 2.65 bits per heavy atom. The van der Waals surface area contributed by atoms with Crippen LogP contribution in [0.1, 0.15) is 16.8 Å². The summed E-state index contributed by atoms with van der Waals surface area (Å²) in [5.74, 6) is 0. The molecule has 0 amide bonds. The standard InChI is InChI=1S/C12H13Cl2N3/c1-8-10(7-16-17-8)6-15-5-9-2-3-11(13)4-12(9)14/h2-4,7,15H,5-6H2,1H3,(H,16,17). The Bertz CT molecular complexity index is 508. The van der Waals surface area contributed by atoms with Gasteiger partial charge < -0.3 is 5.32 Å². The van der Waals surface area contributed by atoms with Gasteiger partial charge in [-0.15, -0.1) is 0 Å². The fraction of sp³-hybridized carbons (Fsp3) is 0.250. The van der Waals surface area contributed by atoms with Gasteiger partial charge in [0.15, 0.2) is 0 Å². The third kappa shape index (κ3) is 3.22. The first-order valence-corrected chi connectivity index (χ1v) is 6.06. The van der Waals surface area contributed by atoms with Crippen LogP contribution in [0, 0.1) is 6.92 Å². The van der Waals surface area contributed by atoms with Crippen molar-refractivity contribution in [1.29, 1.82) is 0 Å². The van der Waals surface area contributed by atoms with E-state index in [2.05, 4.69) is 15.5 Å². The molecule has 17 heavy (non-hydrogen) atoms. The molecular weight excluding hydrogens is 257 g/mol. The van der Waals surface area contributed by atoms with E-state index < -0.39 is 0 Å². The van der Waals surface area contributed by atoms with Crippen LogP contribution in [0.3, 0.4) is 0 Å². The molecule has 0 saturated heterocycles. The highest BCUT2D eigenvalue weighted by Crippen LogP contribution is 2.20.